The molecule has 0 atom stereocenters. The Hall–Kier alpha value is 1.64. The van der Waals surface area contributed by atoms with Gasteiger partial charge >= 0.3 is 0 Å². The van der Waals surface area contributed by atoms with Gasteiger partial charge in [0.2, 0.25) is 0 Å². The van der Waals surface area contributed by atoms with Crippen LogP contribution in [0.2, 0.25) is 0 Å². The molecule has 7 heteroatoms. The summed E-state index contributed by atoms with van der Waals surface area (Å²) in [5, 5.41) is 0. The van der Waals surface area contributed by atoms with Crippen LogP contribution in [-0.2, 0) is 11.8 Å². The Kier molecular flexibility index (Phi) is 20.1. The molecule has 0 N–H and O–H groups in total. The highest BCUT2D eigenvalue weighted by Gasteiger charge is 2.44. The molecule has 0 rings (SSSR count). The summed E-state index contributed by atoms with van der Waals surface area (Å²) in [5.74, 6) is 0. The summed E-state index contributed by atoms with van der Waals surface area (Å²) < 4.78 is 5.45. The van der Waals surface area contributed by atoms with E-state index in [0.717, 1.165) is 0 Å². The fourth-order valence-corrected chi connectivity index (χ4v) is 24.6. The van der Waals surface area contributed by atoms with Gasteiger partial charge in [0, 0.05) is 31.4 Å². The zero-order chi connectivity index (χ0) is 24.2. The van der Waals surface area contributed by atoms with E-state index < -0.39 is 12.8 Å². The summed E-state index contributed by atoms with van der Waals surface area (Å²) in [6.45, 7) is 25.9. The second-order valence-electron chi connectivity index (χ2n) is 10.5. The first-order valence-electron chi connectivity index (χ1n) is 13.1. The van der Waals surface area contributed by atoms with Gasteiger partial charge in [0.25, 0.3) is 0 Å². The third kappa shape index (κ3) is 11.1. The second kappa shape index (κ2) is 18.0. The quantitative estimate of drug-likeness (QED) is 0.179. The van der Waals surface area contributed by atoms with Gasteiger partial charge in [-0.25, -0.2) is 0 Å². The van der Waals surface area contributed by atoms with E-state index in [1.54, 1.807) is 0 Å². The summed E-state index contributed by atoms with van der Waals surface area (Å²) >= 11 is 9.04. The SMILES string of the molecule is CCCC[P+](CCCC)(CCCC)CSP(=S)(N(C(C)C)C(C)C)N(C(C)C)C(C)C.[Cl-]. The van der Waals surface area contributed by atoms with Crippen molar-refractivity contribution in [2.75, 3.05) is 24.0 Å². The van der Waals surface area contributed by atoms with Gasteiger partial charge in [0.05, 0.1) is 18.5 Å². The number of halogens is 1. The topological polar surface area (TPSA) is 6.48 Å². The summed E-state index contributed by atoms with van der Waals surface area (Å²) in [6.07, 6.45) is 12.6. The highest BCUT2D eigenvalue weighted by molar-refractivity contribution is 8.70. The van der Waals surface area contributed by atoms with E-state index in [0.29, 0.717) is 24.2 Å². The first-order valence-corrected chi connectivity index (χ1v) is 19.9. The molecule has 196 valence electrons. The highest BCUT2D eigenvalue weighted by Crippen LogP contribution is 2.74. The standard InChI is InChI=1S/C25H57N2P2S2.ClH/c1-12-15-18-28(19-16-13-2,20-17-14-3)21-31-29(30,26(22(4)5)23(6)7)27(24(8)9)25(10)11;/h22-25H,12-21H2,1-11H3;1H/q+1;/p-1. The van der Waals surface area contributed by atoms with E-state index in [9.17, 15) is 0 Å². The van der Waals surface area contributed by atoms with Crippen molar-refractivity contribution in [3.63, 3.8) is 0 Å². The fraction of sp³-hybridized carbons (Fsp3) is 1.00. The van der Waals surface area contributed by atoms with E-state index in [-0.39, 0.29) is 12.4 Å². The Morgan fingerprint density at radius 2 is 0.938 bits per heavy atom. The maximum atomic E-state index is 6.80. The molecule has 0 aliphatic heterocycles. The Bertz CT molecular complexity index is 454. The van der Waals surface area contributed by atoms with Gasteiger partial charge in [-0.1, -0.05) is 63.2 Å². The first kappa shape index (κ1) is 35.8. The fourth-order valence-electron chi connectivity index (χ4n) is 4.82. The van der Waals surface area contributed by atoms with E-state index in [4.69, 9.17) is 11.8 Å². The van der Waals surface area contributed by atoms with Gasteiger partial charge in [0.15, 0.2) is 0 Å². The molecule has 0 spiro atoms. The van der Waals surface area contributed by atoms with Crippen molar-refractivity contribution in [3.8, 4) is 0 Å². The molecule has 0 saturated carbocycles. The molecular formula is C25H57ClN2P2S2. The number of rotatable bonds is 18. The third-order valence-electron chi connectivity index (χ3n) is 6.16. The number of hydrogen-bond acceptors (Lipinski definition) is 2. The van der Waals surface area contributed by atoms with Crippen molar-refractivity contribution < 1.29 is 12.4 Å². The highest BCUT2D eigenvalue weighted by atomic mass is 35.5. The van der Waals surface area contributed by atoms with Crippen LogP contribution in [0.3, 0.4) is 0 Å². The van der Waals surface area contributed by atoms with E-state index >= 15 is 0 Å². The molecule has 0 aromatic heterocycles. The minimum atomic E-state index is -1.91. The molecule has 0 aliphatic carbocycles. The molecular weight excluding hydrogens is 490 g/mol. The van der Waals surface area contributed by atoms with Crippen molar-refractivity contribution >= 4 is 36.0 Å². The van der Waals surface area contributed by atoms with Crippen LogP contribution in [0.5, 0.6) is 0 Å². The molecule has 0 radical (unpaired) electrons. The van der Waals surface area contributed by atoms with Crippen molar-refractivity contribution in [2.24, 2.45) is 0 Å². The van der Waals surface area contributed by atoms with Crippen molar-refractivity contribution in [2.45, 2.75) is 139 Å². The van der Waals surface area contributed by atoms with Gasteiger partial charge in [0.1, 0.15) is 11.0 Å². The van der Waals surface area contributed by atoms with E-state index in [1.807, 2.05) is 0 Å². The van der Waals surface area contributed by atoms with Crippen LogP contribution in [0.25, 0.3) is 0 Å². The van der Waals surface area contributed by atoms with Gasteiger partial charge < -0.3 is 12.4 Å². The second-order valence-corrected chi connectivity index (χ2v) is 22.2. The van der Waals surface area contributed by atoms with Crippen LogP contribution in [0.4, 0.5) is 0 Å². The normalized spacial score (nSPS) is 13.3. The summed E-state index contributed by atoms with van der Waals surface area (Å²) in [6, 6.07) is 1.92. The summed E-state index contributed by atoms with van der Waals surface area (Å²) in [7, 11) is -0.972. The first-order chi connectivity index (χ1) is 14.4. The molecule has 0 unspecified atom stereocenters. The van der Waals surface area contributed by atoms with Gasteiger partial charge in [-0.2, -0.15) is 0 Å². The predicted molar refractivity (Wildman–Crippen MR) is 157 cm³/mol. The molecule has 0 bridgehead atoms. The lowest BCUT2D eigenvalue weighted by atomic mass is 10.3. The monoisotopic (exact) mass is 546 g/mol. The number of nitrogens with zero attached hydrogens (tertiary/aromatic N) is 2. The lowest BCUT2D eigenvalue weighted by molar-refractivity contribution is -0.00000866. The Morgan fingerprint density at radius 1 is 0.656 bits per heavy atom. The molecule has 0 aromatic carbocycles. The average molecular weight is 547 g/mol. The number of hydrogen-bond donors (Lipinski definition) is 0. The van der Waals surface area contributed by atoms with Crippen molar-refractivity contribution in [1.82, 2.24) is 9.34 Å². The molecule has 0 saturated heterocycles. The lowest BCUT2D eigenvalue weighted by Gasteiger charge is -2.49. The van der Waals surface area contributed by atoms with Crippen LogP contribution in [0, 0.1) is 0 Å². The molecule has 0 aliphatic rings. The zero-order valence-electron chi connectivity index (χ0n) is 23.4. The average Bonchev–Trinajstić information content (AvgIpc) is 2.65. The Labute approximate surface area is 219 Å². The minimum absolute atomic E-state index is 0. The Balaban J connectivity index is 0. The minimum Gasteiger partial charge on any atom is -1.00 e. The van der Waals surface area contributed by atoms with Crippen LogP contribution in [0.15, 0.2) is 0 Å². The molecule has 2 nitrogen and oxygen atoms in total. The van der Waals surface area contributed by atoms with Crippen LogP contribution in [-0.4, -0.2) is 57.5 Å². The van der Waals surface area contributed by atoms with Crippen LogP contribution >= 0.6 is 24.2 Å². The number of unbranched alkanes of at least 4 members (excludes halogenated alkanes) is 3. The molecule has 0 amide bonds. The smallest absolute Gasteiger partial charge is 0.136 e. The van der Waals surface area contributed by atoms with Crippen LogP contribution < -0.4 is 12.4 Å². The molecule has 0 fully saturated rings. The van der Waals surface area contributed by atoms with Gasteiger partial charge in [-0.3, -0.25) is 9.34 Å². The van der Waals surface area contributed by atoms with E-state index in [2.05, 4.69) is 96.9 Å². The maximum Gasteiger partial charge on any atom is 0.136 e. The molecule has 0 heterocycles. The lowest BCUT2D eigenvalue weighted by Crippen LogP contribution is -3.00. The Morgan fingerprint density at radius 3 is 1.16 bits per heavy atom. The largest absolute Gasteiger partial charge is 1.00 e. The molecule has 0 aromatic rings. The van der Waals surface area contributed by atoms with Crippen LogP contribution in [0.1, 0.15) is 115 Å². The van der Waals surface area contributed by atoms with E-state index in [1.165, 1.54) is 62.5 Å². The predicted octanol–water partition coefficient (Wildman–Crippen LogP) is 6.56. The molecule has 32 heavy (non-hydrogen) atoms. The summed E-state index contributed by atoms with van der Waals surface area (Å²) in [4.78, 5) is 0. The van der Waals surface area contributed by atoms with Crippen molar-refractivity contribution in [3.05, 3.63) is 0 Å². The van der Waals surface area contributed by atoms with Gasteiger partial charge in [-0.15, -0.1) is 0 Å². The summed E-state index contributed by atoms with van der Waals surface area (Å²) in [5.41, 5.74) is -0.569. The maximum absolute atomic E-state index is 6.80. The zero-order valence-corrected chi connectivity index (χ0v) is 27.5. The van der Waals surface area contributed by atoms with Crippen molar-refractivity contribution in [1.29, 1.82) is 0 Å². The third-order valence-corrected chi connectivity index (χ3v) is 21.2. The van der Waals surface area contributed by atoms with Gasteiger partial charge in [-0.05, 0) is 74.7 Å².